The number of para-hydroxylation sites is 1. The van der Waals surface area contributed by atoms with E-state index in [1.807, 2.05) is 18.2 Å². The summed E-state index contributed by atoms with van der Waals surface area (Å²) >= 11 is 3.39. The van der Waals surface area contributed by atoms with Crippen molar-refractivity contribution >= 4 is 15.9 Å². The van der Waals surface area contributed by atoms with Crippen LogP contribution in [0.2, 0.25) is 0 Å². The smallest absolute Gasteiger partial charge is 0.141 e. The molecule has 1 radical (unpaired) electrons. The molecule has 0 aliphatic carbocycles. The summed E-state index contributed by atoms with van der Waals surface area (Å²) in [5.41, 5.74) is 0. The van der Waals surface area contributed by atoms with Crippen molar-refractivity contribution in [3.63, 3.8) is 0 Å². The van der Waals surface area contributed by atoms with E-state index in [0.717, 1.165) is 29.7 Å². The van der Waals surface area contributed by atoms with Crippen LogP contribution in [0.4, 0.5) is 0 Å². The van der Waals surface area contributed by atoms with Gasteiger partial charge in [0.2, 0.25) is 0 Å². The van der Waals surface area contributed by atoms with Crippen LogP contribution in [0.15, 0.2) is 22.7 Å². The molecule has 65 valence electrons. The van der Waals surface area contributed by atoms with Crippen molar-refractivity contribution in [3.05, 3.63) is 28.7 Å². The fraction of sp³-hybridized carbons (Fsp3) is 0.400. The largest absolute Gasteiger partial charge is 0.492 e. The van der Waals surface area contributed by atoms with E-state index >= 15 is 0 Å². The molecule has 0 saturated carbocycles. The molecule has 1 rings (SSSR count). The molecule has 0 heterocycles. The number of hydrogen-bond donors (Lipinski definition) is 0. The van der Waals surface area contributed by atoms with Crippen molar-refractivity contribution in [2.45, 2.75) is 19.8 Å². The van der Waals surface area contributed by atoms with Crippen molar-refractivity contribution in [1.82, 2.24) is 0 Å². The Balaban J connectivity index is 2.46. The number of unbranched alkanes of at least 4 members (excludes halogenated alkanes) is 1. The second-order valence-corrected chi connectivity index (χ2v) is 3.40. The van der Waals surface area contributed by atoms with E-state index in [9.17, 15) is 0 Å². The van der Waals surface area contributed by atoms with E-state index in [1.165, 1.54) is 0 Å². The third-order valence-corrected chi connectivity index (χ3v) is 2.14. The van der Waals surface area contributed by atoms with E-state index in [4.69, 9.17) is 4.74 Å². The Morgan fingerprint density at radius 3 is 3.08 bits per heavy atom. The summed E-state index contributed by atoms with van der Waals surface area (Å²) in [6.45, 7) is 2.92. The van der Waals surface area contributed by atoms with Gasteiger partial charge in [-0.1, -0.05) is 25.5 Å². The van der Waals surface area contributed by atoms with Crippen molar-refractivity contribution in [2.24, 2.45) is 0 Å². The first-order valence-electron chi connectivity index (χ1n) is 4.13. The van der Waals surface area contributed by atoms with Gasteiger partial charge in [-0.3, -0.25) is 0 Å². The predicted octanol–water partition coefficient (Wildman–Crippen LogP) is 3.43. The Bertz CT molecular complexity index is 235. The average molecular weight is 228 g/mol. The van der Waals surface area contributed by atoms with Crippen molar-refractivity contribution < 1.29 is 4.74 Å². The van der Waals surface area contributed by atoms with Gasteiger partial charge in [0.1, 0.15) is 5.75 Å². The highest BCUT2D eigenvalue weighted by molar-refractivity contribution is 9.10. The van der Waals surface area contributed by atoms with E-state index in [-0.39, 0.29) is 0 Å². The Kier molecular flexibility index (Phi) is 4.15. The normalized spacial score (nSPS) is 9.83. The first-order valence-corrected chi connectivity index (χ1v) is 4.93. The van der Waals surface area contributed by atoms with Crippen LogP contribution in [0.3, 0.4) is 0 Å². The van der Waals surface area contributed by atoms with E-state index in [1.54, 1.807) is 0 Å². The highest BCUT2D eigenvalue weighted by Crippen LogP contribution is 2.23. The summed E-state index contributed by atoms with van der Waals surface area (Å²) < 4.78 is 6.45. The minimum Gasteiger partial charge on any atom is -0.492 e. The van der Waals surface area contributed by atoms with E-state index in [0.29, 0.717) is 0 Å². The van der Waals surface area contributed by atoms with Gasteiger partial charge in [0, 0.05) is 6.07 Å². The standard InChI is InChI=1S/C10H12BrO/c1-2-3-8-12-10-7-5-4-6-9(10)11/h4-6H,2-3,8H2,1H3. The predicted molar refractivity (Wildman–Crippen MR) is 53.4 cm³/mol. The van der Waals surface area contributed by atoms with Gasteiger partial charge in [-0.25, -0.2) is 0 Å². The average Bonchev–Trinajstić information content (AvgIpc) is 2.09. The van der Waals surface area contributed by atoms with Crippen molar-refractivity contribution in [3.8, 4) is 5.75 Å². The summed E-state index contributed by atoms with van der Waals surface area (Å²) in [5, 5.41) is 0. The van der Waals surface area contributed by atoms with Crippen LogP contribution in [0.1, 0.15) is 19.8 Å². The van der Waals surface area contributed by atoms with Crippen LogP contribution >= 0.6 is 15.9 Å². The Morgan fingerprint density at radius 2 is 2.42 bits per heavy atom. The molecule has 0 spiro atoms. The molecule has 0 fully saturated rings. The fourth-order valence-corrected chi connectivity index (χ4v) is 1.21. The molecular formula is C10H12BrO. The molecular weight excluding hydrogens is 216 g/mol. The van der Waals surface area contributed by atoms with Gasteiger partial charge in [0.25, 0.3) is 0 Å². The molecule has 0 atom stereocenters. The molecule has 0 aliphatic rings. The van der Waals surface area contributed by atoms with Crippen LogP contribution in [0, 0.1) is 6.07 Å². The number of rotatable bonds is 4. The van der Waals surface area contributed by atoms with E-state index < -0.39 is 0 Å². The van der Waals surface area contributed by atoms with Crippen LogP contribution in [-0.4, -0.2) is 6.61 Å². The maximum atomic E-state index is 5.47. The molecule has 1 aromatic rings. The lowest BCUT2D eigenvalue weighted by molar-refractivity contribution is 0.307. The molecule has 0 unspecified atom stereocenters. The van der Waals surface area contributed by atoms with Gasteiger partial charge in [-0.15, -0.1) is 0 Å². The first-order chi connectivity index (χ1) is 5.84. The molecule has 0 aromatic heterocycles. The second-order valence-electron chi connectivity index (χ2n) is 2.55. The third kappa shape index (κ3) is 2.86. The Labute approximate surface area is 81.9 Å². The zero-order valence-electron chi connectivity index (χ0n) is 7.14. The number of benzene rings is 1. The van der Waals surface area contributed by atoms with Gasteiger partial charge in [0.15, 0.2) is 0 Å². The highest BCUT2D eigenvalue weighted by atomic mass is 79.9. The minimum absolute atomic E-state index is 0.773. The molecule has 0 bridgehead atoms. The Hall–Kier alpha value is -0.500. The third-order valence-electron chi connectivity index (χ3n) is 1.51. The van der Waals surface area contributed by atoms with E-state index in [2.05, 4.69) is 28.9 Å². The van der Waals surface area contributed by atoms with Crippen molar-refractivity contribution in [2.75, 3.05) is 6.61 Å². The van der Waals surface area contributed by atoms with Crippen LogP contribution in [0.25, 0.3) is 0 Å². The summed E-state index contributed by atoms with van der Waals surface area (Å²) in [7, 11) is 0. The number of hydrogen-bond acceptors (Lipinski definition) is 1. The number of ether oxygens (including phenoxy) is 1. The van der Waals surface area contributed by atoms with Gasteiger partial charge in [-0.2, -0.15) is 0 Å². The summed E-state index contributed by atoms with van der Waals surface area (Å²) in [5.74, 6) is 0.811. The maximum absolute atomic E-state index is 5.47. The molecule has 1 aromatic carbocycles. The van der Waals surface area contributed by atoms with Gasteiger partial charge < -0.3 is 4.74 Å². The summed E-state index contributed by atoms with van der Waals surface area (Å²) in [6.07, 6.45) is 2.25. The zero-order valence-corrected chi connectivity index (χ0v) is 8.73. The van der Waals surface area contributed by atoms with Crippen LogP contribution in [-0.2, 0) is 0 Å². The first kappa shape index (κ1) is 9.59. The molecule has 2 heteroatoms. The SMILES string of the molecule is CCCCOc1[c]cccc1Br. The molecule has 0 amide bonds. The fourth-order valence-electron chi connectivity index (χ4n) is 0.830. The second kappa shape index (κ2) is 5.20. The Morgan fingerprint density at radius 1 is 1.58 bits per heavy atom. The lowest BCUT2D eigenvalue weighted by Crippen LogP contribution is -1.96. The van der Waals surface area contributed by atoms with Crippen molar-refractivity contribution in [1.29, 1.82) is 0 Å². The minimum atomic E-state index is 0.773. The summed E-state index contributed by atoms with van der Waals surface area (Å²) in [6, 6.07) is 8.76. The molecule has 0 aliphatic heterocycles. The van der Waals surface area contributed by atoms with Crippen LogP contribution < -0.4 is 4.74 Å². The molecule has 0 saturated heterocycles. The number of halogens is 1. The molecule has 1 nitrogen and oxygen atoms in total. The van der Waals surface area contributed by atoms with Gasteiger partial charge >= 0.3 is 0 Å². The lowest BCUT2D eigenvalue weighted by Gasteiger charge is -2.05. The van der Waals surface area contributed by atoms with Crippen LogP contribution in [0.5, 0.6) is 5.75 Å². The highest BCUT2D eigenvalue weighted by Gasteiger charge is 1.97. The quantitative estimate of drug-likeness (QED) is 0.717. The topological polar surface area (TPSA) is 9.23 Å². The molecule has 0 N–H and O–H groups in total. The monoisotopic (exact) mass is 227 g/mol. The van der Waals surface area contributed by atoms with Gasteiger partial charge in [0.05, 0.1) is 11.1 Å². The lowest BCUT2D eigenvalue weighted by atomic mass is 10.3. The zero-order chi connectivity index (χ0) is 8.81. The van der Waals surface area contributed by atoms with Gasteiger partial charge in [-0.05, 0) is 28.4 Å². The summed E-state index contributed by atoms with van der Waals surface area (Å²) in [4.78, 5) is 0. The maximum Gasteiger partial charge on any atom is 0.141 e. The molecule has 12 heavy (non-hydrogen) atoms.